The molecule has 0 radical (unpaired) electrons. The van der Waals surface area contributed by atoms with Gasteiger partial charge in [0.2, 0.25) is 5.91 Å². The number of carbonyl (C=O) groups is 1. The number of hydrogen-bond donors (Lipinski definition) is 2. The van der Waals surface area contributed by atoms with Crippen LogP contribution in [0.5, 0.6) is 0 Å². The van der Waals surface area contributed by atoms with Crippen LogP contribution in [0, 0.1) is 6.92 Å². The number of nitrogens with two attached hydrogens (primary N) is 2. The van der Waals surface area contributed by atoms with Crippen molar-refractivity contribution in [2.75, 3.05) is 12.3 Å². The third kappa shape index (κ3) is 4.04. The minimum atomic E-state index is -0.354. The first-order valence-corrected chi connectivity index (χ1v) is 7.17. The van der Waals surface area contributed by atoms with E-state index in [0.29, 0.717) is 13.1 Å². The van der Waals surface area contributed by atoms with E-state index in [4.69, 9.17) is 11.5 Å². The fraction of sp³-hybridized carbons (Fsp3) is 0.286. The quantitative estimate of drug-likeness (QED) is 0.790. The maximum atomic E-state index is 11.2. The van der Waals surface area contributed by atoms with E-state index in [0.717, 1.165) is 22.0 Å². The molecule has 1 amide bonds. The van der Waals surface area contributed by atoms with Crippen LogP contribution in [0.1, 0.15) is 16.3 Å². The molecule has 0 aliphatic heterocycles. The predicted molar refractivity (Wildman–Crippen MR) is 81.0 cm³/mol. The fourth-order valence-electron chi connectivity index (χ4n) is 1.97. The van der Waals surface area contributed by atoms with Gasteiger partial charge >= 0.3 is 0 Å². The van der Waals surface area contributed by atoms with Gasteiger partial charge in [0.25, 0.3) is 0 Å². The normalized spacial score (nSPS) is 10.9. The lowest BCUT2D eigenvalue weighted by Crippen LogP contribution is -2.33. The second-order valence-corrected chi connectivity index (χ2v) is 5.64. The average molecular weight is 290 g/mol. The summed E-state index contributed by atoms with van der Waals surface area (Å²) in [5.41, 5.74) is 14.0. The van der Waals surface area contributed by atoms with Crippen LogP contribution in [-0.4, -0.2) is 22.3 Å². The molecule has 106 valence electrons. The molecular formula is C14H18N4OS. The Morgan fingerprint density at radius 3 is 2.70 bits per heavy atom. The first kappa shape index (κ1) is 14.5. The van der Waals surface area contributed by atoms with Crippen LogP contribution in [-0.2, 0) is 17.9 Å². The number of benzene rings is 1. The van der Waals surface area contributed by atoms with E-state index >= 15 is 0 Å². The highest BCUT2D eigenvalue weighted by molar-refractivity contribution is 7.09. The molecule has 1 aromatic carbocycles. The van der Waals surface area contributed by atoms with Crippen LogP contribution in [0.2, 0.25) is 0 Å². The largest absolute Gasteiger partial charge is 0.398 e. The Labute approximate surface area is 122 Å². The molecule has 0 saturated heterocycles. The molecule has 2 aromatic rings. The van der Waals surface area contributed by atoms with Crippen molar-refractivity contribution in [2.45, 2.75) is 20.0 Å². The van der Waals surface area contributed by atoms with Crippen LogP contribution in [0.3, 0.4) is 0 Å². The summed E-state index contributed by atoms with van der Waals surface area (Å²) in [6.07, 6.45) is 0. The predicted octanol–water partition coefficient (Wildman–Crippen LogP) is 1.52. The van der Waals surface area contributed by atoms with Crippen molar-refractivity contribution in [3.8, 4) is 0 Å². The minimum Gasteiger partial charge on any atom is -0.398 e. The Bertz CT molecular complexity index is 596. The summed E-state index contributed by atoms with van der Waals surface area (Å²) < 4.78 is 0. The second kappa shape index (κ2) is 6.49. The van der Waals surface area contributed by atoms with Gasteiger partial charge in [0.05, 0.1) is 13.1 Å². The lowest BCUT2D eigenvalue weighted by molar-refractivity contribution is -0.119. The number of primary amides is 1. The molecule has 6 heteroatoms. The van der Waals surface area contributed by atoms with Crippen molar-refractivity contribution in [2.24, 2.45) is 5.73 Å². The Hall–Kier alpha value is -1.92. The maximum absolute atomic E-state index is 11.2. The fourth-order valence-corrected chi connectivity index (χ4v) is 2.79. The highest BCUT2D eigenvalue weighted by Gasteiger charge is 2.13. The van der Waals surface area contributed by atoms with E-state index < -0.39 is 0 Å². The van der Waals surface area contributed by atoms with Gasteiger partial charge in [-0.1, -0.05) is 18.2 Å². The highest BCUT2D eigenvalue weighted by atomic mass is 32.1. The molecule has 4 N–H and O–H groups in total. The highest BCUT2D eigenvalue weighted by Crippen LogP contribution is 2.17. The SMILES string of the molecule is Cc1csc(CN(CC(N)=O)Cc2ccccc2N)n1. The van der Waals surface area contributed by atoms with Crippen LogP contribution in [0.15, 0.2) is 29.6 Å². The molecule has 0 aliphatic carbocycles. The number of rotatable bonds is 6. The van der Waals surface area contributed by atoms with Gasteiger partial charge in [-0.25, -0.2) is 4.98 Å². The Balaban J connectivity index is 2.11. The summed E-state index contributed by atoms with van der Waals surface area (Å²) in [7, 11) is 0. The zero-order valence-corrected chi connectivity index (χ0v) is 12.2. The van der Waals surface area contributed by atoms with E-state index in [1.54, 1.807) is 11.3 Å². The molecule has 0 unspecified atom stereocenters. The third-order valence-electron chi connectivity index (χ3n) is 2.85. The van der Waals surface area contributed by atoms with Crippen molar-refractivity contribution in [1.29, 1.82) is 0 Å². The van der Waals surface area contributed by atoms with E-state index in [9.17, 15) is 4.79 Å². The summed E-state index contributed by atoms with van der Waals surface area (Å²) in [6, 6.07) is 7.63. The van der Waals surface area contributed by atoms with Gasteiger partial charge in [0, 0.05) is 23.3 Å². The van der Waals surface area contributed by atoms with Crippen LogP contribution in [0.25, 0.3) is 0 Å². The molecule has 0 aliphatic rings. The molecule has 5 nitrogen and oxygen atoms in total. The Kier molecular flexibility index (Phi) is 4.70. The molecule has 2 rings (SSSR count). The molecule has 0 bridgehead atoms. The number of nitrogens with zero attached hydrogens (tertiary/aromatic N) is 2. The van der Waals surface area contributed by atoms with Crippen LogP contribution >= 0.6 is 11.3 Å². The standard InChI is InChI=1S/C14H18N4OS/c1-10-9-20-14(17-10)8-18(7-13(16)19)6-11-4-2-3-5-12(11)15/h2-5,9H,6-8,15H2,1H3,(H2,16,19). The van der Waals surface area contributed by atoms with Gasteiger partial charge in [-0.05, 0) is 18.6 Å². The van der Waals surface area contributed by atoms with E-state index in [1.165, 1.54) is 0 Å². The van der Waals surface area contributed by atoms with Crippen molar-refractivity contribution in [3.63, 3.8) is 0 Å². The molecule has 0 atom stereocenters. The summed E-state index contributed by atoms with van der Waals surface area (Å²) in [5.74, 6) is -0.354. The molecule has 1 aromatic heterocycles. The number of carbonyl (C=O) groups excluding carboxylic acids is 1. The van der Waals surface area contributed by atoms with Crippen molar-refractivity contribution in [3.05, 3.63) is 45.9 Å². The number of aryl methyl sites for hydroxylation is 1. The number of thiazole rings is 1. The average Bonchev–Trinajstić information content (AvgIpc) is 2.77. The van der Waals surface area contributed by atoms with Crippen molar-refractivity contribution < 1.29 is 4.79 Å². The van der Waals surface area contributed by atoms with Gasteiger partial charge in [0.15, 0.2) is 0 Å². The Morgan fingerprint density at radius 2 is 2.10 bits per heavy atom. The number of hydrogen-bond acceptors (Lipinski definition) is 5. The van der Waals surface area contributed by atoms with Crippen LogP contribution < -0.4 is 11.5 Å². The van der Waals surface area contributed by atoms with E-state index in [2.05, 4.69) is 4.98 Å². The Morgan fingerprint density at radius 1 is 1.35 bits per heavy atom. The van der Waals surface area contributed by atoms with Crippen molar-refractivity contribution >= 4 is 22.9 Å². The molecule has 0 saturated carbocycles. The lowest BCUT2D eigenvalue weighted by Gasteiger charge is -2.20. The van der Waals surface area contributed by atoms with Gasteiger partial charge in [-0.3, -0.25) is 9.69 Å². The van der Waals surface area contributed by atoms with E-state index in [-0.39, 0.29) is 12.5 Å². The van der Waals surface area contributed by atoms with Gasteiger partial charge in [-0.15, -0.1) is 11.3 Å². The van der Waals surface area contributed by atoms with E-state index in [1.807, 2.05) is 41.5 Å². The maximum Gasteiger partial charge on any atom is 0.231 e. The number of amides is 1. The van der Waals surface area contributed by atoms with Crippen LogP contribution in [0.4, 0.5) is 5.69 Å². The number of nitrogen functional groups attached to an aromatic ring is 1. The number of aromatic nitrogens is 1. The zero-order chi connectivity index (χ0) is 14.5. The summed E-state index contributed by atoms with van der Waals surface area (Å²) in [5, 5.41) is 2.97. The monoisotopic (exact) mass is 290 g/mol. The van der Waals surface area contributed by atoms with Gasteiger partial charge in [-0.2, -0.15) is 0 Å². The van der Waals surface area contributed by atoms with Gasteiger partial charge in [0.1, 0.15) is 5.01 Å². The summed E-state index contributed by atoms with van der Waals surface area (Å²) in [4.78, 5) is 17.6. The first-order valence-electron chi connectivity index (χ1n) is 6.29. The molecule has 20 heavy (non-hydrogen) atoms. The second-order valence-electron chi connectivity index (χ2n) is 4.69. The summed E-state index contributed by atoms with van der Waals surface area (Å²) >= 11 is 1.58. The number of para-hydroxylation sites is 1. The molecule has 0 spiro atoms. The minimum absolute atomic E-state index is 0.187. The molecular weight excluding hydrogens is 272 g/mol. The first-order chi connectivity index (χ1) is 9.54. The molecule has 0 fully saturated rings. The molecule has 1 heterocycles. The third-order valence-corrected chi connectivity index (χ3v) is 3.81. The summed E-state index contributed by atoms with van der Waals surface area (Å²) in [6.45, 7) is 3.31. The topological polar surface area (TPSA) is 85.2 Å². The lowest BCUT2D eigenvalue weighted by atomic mass is 10.1. The van der Waals surface area contributed by atoms with Gasteiger partial charge < -0.3 is 11.5 Å². The number of anilines is 1. The smallest absolute Gasteiger partial charge is 0.231 e. The van der Waals surface area contributed by atoms with Crippen molar-refractivity contribution in [1.82, 2.24) is 9.88 Å². The zero-order valence-electron chi connectivity index (χ0n) is 11.4.